The zero-order chi connectivity index (χ0) is 17.8. The van der Waals surface area contributed by atoms with Crippen molar-refractivity contribution in [2.45, 2.75) is 77.4 Å². The van der Waals surface area contributed by atoms with E-state index in [4.69, 9.17) is 0 Å². The summed E-state index contributed by atoms with van der Waals surface area (Å²) in [5.41, 5.74) is 2.87. The van der Waals surface area contributed by atoms with Crippen LogP contribution in [-0.4, -0.2) is 18.9 Å². The first-order valence-corrected chi connectivity index (χ1v) is 11.1. The molecule has 0 heterocycles. The lowest BCUT2D eigenvalue weighted by molar-refractivity contribution is 0.274. The molecule has 1 aromatic rings. The van der Waals surface area contributed by atoms with Crippen molar-refractivity contribution in [3.63, 3.8) is 0 Å². The molecule has 2 rings (SSSR count). The van der Waals surface area contributed by atoms with Crippen molar-refractivity contribution in [1.29, 1.82) is 0 Å². The average molecular weight is 351 g/mol. The fourth-order valence-corrected chi connectivity index (χ4v) is 5.17. The largest absolute Gasteiger partial charge is 0.228 e. The molecule has 0 bridgehead atoms. The third-order valence-electron chi connectivity index (χ3n) is 5.67. The number of benzene rings is 1. The summed E-state index contributed by atoms with van der Waals surface area (Å²) in [7, 11) is -2.97. The Morgan fingerprint density at radius 1 is 1.00 bits per heavy atom. The van der Waals surface area contributed by atoms with Gasteiger partial charge < -0.3 is 0 Å². The summed E-state index contributed by atoms with van der Waals surface area (Å²) in [4.78, 5) is 0. The predicted octanol–water partition coefficient (Wildman–Crippen LogP) is 5.34. The van der Waals surface area contributed by atoms with Gasteiger partial charge in [-0.2, -0.15) is 0 Å². The maximum Gasteiger partial charge on any atom is 0.155 e. The summed E-state index contributed by atoms with van der Waals surface area (Å²) in [5, 5.41) is 0. The minimum atomic E-state index is -2.97. The van der Waals surface area contributed by atoms with Gasteiger partial charge in [-0.1, -0.05) is 43.5 Å². The highest BCUT2D eigenvalue weighted by atomic mass is 32.2. The second-order valence-electron chi connectivity index (χ2n) is 8.60. The number of rotatable bonds is 6. The van der Waals surface area contributed by atoms with Gasteiger partial charge in [-0.3, -0.25) is 0 Å². The normalized spacial score (nSPS) is 22.5. The molecule has 1 fully saturated rings. The van der Waals surface area contributed by atoms with E-state index in [1.807, 2.05) is 20.8 Å². The fraction of sp³-hybridized carbons (Fsp3) is 0.714. The van der Waals surface area contributed by atoms with Crippen LogP contribution in [0, 0.1) is 18.8 Å². The number of hydrogen-bond donors (Lipinski definition) is 0. The highest BCUT2D eigenvalue weighted by Crippen LogP contribution is 2.34. The van der Waals surface area contributed by atoms with E-state index in [0.29, 0.717) is 11.7 Å². The van der Waals surface area contributed by atoms with Gasteiger partial charge in [-0.15, -0.1) is 0 Å². The lowest BCUT2D eigenvalue weighted by atomic mass is 9.80. The monoisotopic (exact) mass is 350 g/mol. The molecule has 0 unspecified atom stereocenters. The van der Waals surface area contributed by atoms with Gasteiger partial charge >= 0.3 is 0 Å². The summed E-state index contributed by atoms with van der Waals surface area (Å²) < 4.78 is 24.1. The third kappa shape index (κ3) is 5.34. The van der Waals surface area contributed by atoms with Crippen LogP contribution in [0.25, 0.3) is 0 Å². The van der Waals surface area contributed by atoms with Gasteiger partial charge in [0, 0.05) is 0 Å². The van der Waals surface area contributed by atoms with E-state index in [-0.39, 0.29) is 0 Å². The van der Waals surface area contributed by atoms with Crippen LogP contribution in [0.1, 0.15) is 70.4 Å². The van der Waals surface area contributed by atoms with E-state index in [0.717, 1.165) is 18.8 Å². The van der Waals surface area contributed by atoms with Crippen LogP contribution in [0.3, 0.4) is 0 Å². The van der Waals surface area contributed by atoms with Crippen molar-refractivity contribution in [3.8, 4) is 0 Å². The topological polar surface area (TPSA) is 34.1 Å². The van der Waals surface area contributed by atoms with Gasteiger partial charge in [0.05, 0.1) is 10.5 Å². The SMILES string of the molecule is Cc1ccccc1CCCC1CCC(CS(=O)(=O)C(C)(C)C)CC1. The Kier molecular flexibility index (Phi) is 6.52. The lowest BCUT2D eigenvalue weighted by Gasteiger charge is -2.30. The Morgan fingerprint density at radius 3 is 2.17 bits per heavy atom. The van der Waals surface area contributed by atoms with Crippen molar-refractivity contribution in [3.05, 3.63) is 35.4 Å². The Bertz CT molecular complexity index is 617. The molecule has 1 aliphatic rings. The Morgan fingerprint density at radius 2 is 1.58 bits per heavy atom. The molecule has 1 saturated carbocycles. The van der Waals surface area contributed by atoms with Gasteiger partial charge in [-0.05, 0) is 76.3 Å². The van der Waals surface area contributed by atoms with Gasteiger partial charge in [0.25, 0.3) is 0 Å². The standard InChI is InChI=1S/C21H34O2S/c1-17-8-5-6-10-20(17)11-7-9-18-12-14-19(15-13-18)16-24(22,23)21(2,3)4/h5-6,8,10,18-19H,7,9,11-16H2,1-4H3. The molecule has 136 valence electrons. The van der Waals surface area contributed by atoms with Crippen LogP contribution in [-0.2, 0) is 16.3 Å². The van der Waals surface area contributed by atoms with Crippen molar-refractivity contribution >= 4 is 9.84 Å². The molecule has 1 aliphatic carbocycles. The van der Waals surface area contributed by atoms with Gasteiger partial charge in [0.1, 0.15) is 0 Å². The predicted molar refractivity (Wildman–Crippen MR) is 103 cm³/mol. The van der Waals surface area contributed by atoms with Crippen molar-refractivity contribution in [1.82, 2.24) is 0 Å². The van der Waals surface area contributed by atoms with E-state index in [2.05, 4.69) is 31.2 Å². The molecule has 2 nitrogen and oxygen atoms in total. The molecule has 0 spiro atoms. The van der Waals surface area contributed by atoms with Crippen LogP contribution in [0.5, 0.6) is 0 Å². The van der Waals surface area contributed by atoms with Crippen LogP contribution in [0.2, 0.25) is 0 Å². The molecule has 1 aromatic carbocycles. The Hall–Kier alpha value is -0.830. The molecule has 0 aromatic heterocycles. The molecular formula is C21H34O2S. The fourth-order valence-electron chi connectivity index (χ4n) is 3.72. The van der Waals surface area contributed by atoms with E-state index in [9.17, 15) is 8.42 Å². The summed E-state index contributed by atoms with van der Waals surface area (Å²) >= 11 is 0. The van der Waals surface area contributed by atoms with E-state index in [1.165, 1.54) is 43.2 Å². The molecule has 0 atom stereocenters. The highest BCUT2D eigenvalue weighted by molar-refractivity contribution is 7.92. The molecule has 0 saturated heterocycles. The smallest absolute Gasteiger partial charge is 0.155 e. The third-order valence-corrected chi connectivity index (χ3v) is 8.45. The Balaban J connectivity index is 1.73. The average Bonchev–Trinajstić information content (AvgIpc) is 2.49. The first-order chi connectivity index (χ1) is 11.2. The minimum absolute atomic E-state index is 0.377. The maximum absolute atomic E-state index is 12.4. The summed E-state index contributed by atoms with van der Waals surface area (Å²) in [5.74, 6) is 1.55. The molecule has 0 N–H and O–H groups in total. The van der Waals surface area contributed by atoms with Crippen LogP contribution in [0.15, 0.2) is 24.3 Å². The van der Waals surface area contributed by atoms with E-state index in [1.54, 1.807) is 0 Å². The molecule has 3 heteroatoms. The number of aryl methyl sites for hydroxylation is 2. The molecular weight excluding hydrogens is 316 g/mol. The Labute approximate surface area is 149 Å². The zero-order valence-electron chi connectivity index (χ0n) is 15.8. The molecule has 0 aliphatic heterocycles. The highest BCUT2D eigenvalue weighted by Gasteiger charge is 2.33. The van der Waals surface area contributed by atoms with Crippen molar-refractivity contribution in [2.75, 3.05) is 5.75 Å². The van der Waals surface area contributed by atoms with Gasteiger partial charge in [0.15, 0.2) is 9.84 Å². The molecule has 0 amide bonds. The summed E-state index contributed by atoms with van der Waals surface area (Å²) in [6.45, 7) is 7.65. The van der Waals surface area contributed by atoms with Crippen LogP contribution >= 0.6 is 0 Å². The minimum Gasteiger partial charge on any atom is -0.228 e. The summed E-state index contributed by atoms with van der Waals surface area (Å²) in [6.07, 6.45) is 8.30. The van der Waals surface area contributed by atoms with Crippen LogP contribution in [0.4, 0.5) is 0 Å². The molecule has 24 heavy (non-hydrogen) atoms. The van der Waals surface area contributed by atoms with E-state index < -0.39 is 14.6 Å². The lowest BCUT2D eigenvalue weighted by Crippen LogP contribution is -2.34. The second-order valence-corrected chi connectivity index (χ2v) is 11.4. The quantitative estimate of drug-likeness (QED) is 0.694. The van der Waals surface area contributed by atoms with Crippen molar-refractivity contribution in [2.24, 2.45) is 11.8 Å². The van der Waals surface area contributed by atoms with Gasteiger partial charge in [0.2, 0.25) is 0 Å². The maximum atomic E-state index is 12.4. The van der Waals surface area contributed by atoms with E-state index >= 15 is 0 Å². The van der Waals surface area contributed by atoms with Gasteiger partial charge in [-0.25, -0.2) is 8.42 Å². The van der Waals surface area contributed by atoms with Crippen molar-refractivity contribution < 1.29 is 8.42 Å². The summed E-state index contributed by atoms with van der Waals surface area (Å²) in [6, 6.07) is 8.66. The number of hydrogen-bond acceptors (Lipinski definition) is 2. The van der Waals surface area contributed by atoms with Crippen LogP contribution < -0.4 is 0 Å². The first kappa shape index (κ1) is 19.5. The second kappa shape index (κ2) is 8.03. The number of sulfone groups is 1. The molecule has 0 radical (unpaired) electrons. The first-order valence-electron chi connectivity index (χ1n) is 9.46. The zero-order valence-corrected chi connectivity index (χ0v) is 16.7.